The molecule has 1 aliphatic rings. The summed E-state index contributed by atoms with van der Waals surface area (Å²) in [4.78, 5) is 14.7. The molecule has 3 aromatic rings. The fourth-order valence-electron chi connectivity index (χ4n) is 3.55. The third-order valence-electron chi connectivity index (χ3n) is 4.98. The van der Waals surface area contributed by atoms with Gasteiger partial charge >= 0.3 is 0 Å². The Morgan fingerprint density at radius 1 is 1.18 bits per heavy atom. The van der Waals surface area contributed by atoms with E-state index in [0.717, 1.165) is 30.8 Å². The van der Waals surface area contributed by atoms with E-state index in [1.165, 1.54) is 12.1 Å². The van der Waals surface area contributed by atoms with E-state index in [-0.39, 0.29) is 17.8 Å². The lowest BCUT2D eigenvalue weighted by atomic mass is 10.1. The monoisotopic (exact) mass is 379 g/mol. The van der Waals surface area contributed by atoms with Crippen LogP contribution in [0.3, 0.4) is 0 Å². The van der Waals surface area contributed by atoms with Crippen LogP contribution in [0.15, 0.2) is 60.7 Å². The smallest absolute Gasteiger partial charge is 0.254 e. The molecule has 1 saturated heterocycles. The number of nitrogens with zero attached hydrogens (tertiary/aromatic N) is 2. The van der Waals surface area contributed by atoms with E-state index in [1.807, 2.05) is 41.3 Å². The number of ether oxygens (including phenoxy) is 1. The molecule has 1 aromatic heterocycles. The zero-order chi connectivity index (χ0) is 19.3. The second-order valence-corrected chi connectivity index (χ2v) is 6.89. The molecule has 2 aromatic carbocycles. The van der Waals surface area contributed by atoms with E-state index in [9.17, 15) is 9.18 Å². The molecule has 144 valence electrons. The molecule has 1 unspecified atom stereocenters. The molecule has 0 bridgehead atoms. The fourth-order valence-corrected chi connectivity index (χ4v) is 3.55. The first-order valence-electron chi connectivity index (χ1n) is 9.49. The Hall–Kier alpha value is -3.15. The molecule has 0 saturated carbocycles. The number of hydrogen-bond acceptors (Lipinski definition) is 3. The summed E-state index contributed by atoms with van der Waals surface area (Å²) in [5.41, 5.74) is 2.55. The lowest BCUT2D eigenvalue weighted by Crippen LogP contribution is -2.30. The van der Waals surface area contributed by atoms with Crippen molar-refractivity contribution in [2.75, 3.05) is 13.2 Å². The minimum absolute atomic E-state index is 0.00396. The summed E-state index contributed by atoms with van der Waals surface area (Å²) in [7, 11) is 0. The number of halogens is 1. The van der Waals surface area contributed by atoms with Crippen LogP contribution < -0.4 is 4.74 Å². The van der Waals surface area contributed by atoms with Crippen molar-refractivity contribution in [2.45, 2.75) is 25.3 Å². The van der Waals surface area contributed by atoms with Crippen molar-refractivity contribution in [3.63, 3.8) is 0 Å². The van der Waals surface area contributed by atoms with Gasteiger partial charge in [0.2, 0.25) is 0 Å². The molecule has 1 atom stereocenters. The van der Waals surface area contributed by atoms with Gasteiger partial charge in [0.25, 0.3) is 5.91 Å². The summed E-state index contributed by atoms with van der Waals surface area (Å²) in [5.74, 6) is 0.403. The quantitative estimate of drug-likeness (QED) is 0.700. The number of carbonyl (C=O) groups excluding carboxylic acids is 1. The van der Waals surface area contributed by atoms with Crippen LogP contribution in [0, 0.1) is 5.82 Å². The average Bonchev–Trinajstić information content (AvgIpc) is 3.39. The minimum atomic E-state index is -0.281. The van der Waals surface area contributed by atoms with Crippen LogP contribution in [0.1, 0.15) is 40.6 Å². The van der Waals surface area contributed by atoms with Gasteiger partial charge in [0.05, 0.1) is 18.3 Å². The number of benzene rings is 2. The van der Waals surface area contributed by atoms with Crippen LogP contribution in [0.5, 0.6) is 5.75 Å². The number of rotatable bonds is 6. The number of aromatic amines is 1. The number of carbonyl (C=O) groups is 1. The topological polar surface area (TPSA) is 58.2 Å². The molecule has 1 aliphatic heterocycles. The Kier molecular flexibility index (Phi) is 5.37. The van der Waals surface area contributed by atoms with E-state index in [4.69, 9.17) is 4.74 Å². The van der Waals surface area contributed by atoms with Gasteiger partial charge in [-0.15, -0.1) is 0 Å². The van der Waals surface area contributed by atoms with Crippen molar-refractivity contribution in [3.05, 3.63) is 83.4 Å². The van der Waals surface area contributed by atoms with Gasteiger partial charge in [-0.25, -0.2) is 4.39 Å². The number of nitrogens with one attached hydrogen (secondary N) is 1. The lowest BCUT2D eigenvalue weighted by Gasteiger charge is -2.23. The van der Waals surface area contributed by atoms with Crippen LogP contribution in [0.4, 0.5) is 4.39 Å². The van der Waals surface area contributed by atoms with Gasteiger partial charge in [0, 0.05) is 24.2 Å². The Bertz CT molecular complexity index is 924. The molecular formula is C22H22FN3O2. The second-order valence-electron chi connectivity index (χ2n) is 6.89. The summed E-state index contributed by atoms with van der Waals surface area (Å²) in [6.07, 6.45) is 2.54. The number of likely N-dealkylation sites (tertiary alicyclic amines) is 1. The fraction of sp³-hybridized carbons (Fsp3) is 0.273. The standard InChI is InChI=1S/C22H22FN3O2/c23-17-8-10-19(11-9-17)28-14-12-18-15-20(25-24-18)21-7-4-13-26(21)22(27)16-5-2-1-3-6-16/h1-3,5-6,8-11,15,21H,4,7,12-14H2,(H,24,25). The zero-order valence-corrected chi connectivity index (χ0v) is 15.5. The van der Waals surface area contributed by atoms with Crippen LogP contribution >= 0.6 is 0 Å². The summed E-state index contributed by atoms with van der Waals surface area (Å²) >= 11 is 0. The number of hydrogen-bond donors (Lipinski definition) is 1. The molecule has 28 heavy (non-hydrogen) atoms. The molecule has 6 heteroatoms. The molecule has 4 rings (SSSR count). The average molecular weight is 379 g/mol. The number of amides is 1. The maximum atomic E-state index is 12.9. The minimum Gasteiger partial charge on any atom is -0.493 e. The number of aromatic nitrogens is 2. The highest BCUT2D eigenvalue weighted by atomic mass is 19.1. The van der Waals surface area contributed by atoms with Gasteiger partial charge in [-0.2, -0.15) is 5.10 Å². The summed E-state index contributed by atoms with van der Waals surface area (Å²) in [5, 5.41) is 7.49. The van der Waals surface area contributed by atoms with E-state index >= 15 is 0 Å². The van der Waals surface area contributed by atoms with E-state index in [2.05, 4.69) is 10.2 Å². The Balaban J connectivity index is 1.37. The van der Waals surface area contributed by atoms with Crippen LogP contribution in [0.25, 0.3) is 0 Å². The van der Waals surface area contributed by atoms with E-state index in [1.54, 1.807) is 12.1 Å². The largest absolute Gasteiger partial charge is 0.493 e. The third kappa shape index (κ3) is 4.06. The predicted molar refractivity (Wildman–Crippen MR) is 104 cm³/mol. The maximum Gasteiger partial charge on any atom is 0.254 e. The predicted octanol–water partition coefficient (Wildman–Crippen LogP) is 4.15. The van der Waals surface area contributed by atoms with Crippen molar-refractivity contribution < 1.29 is 13.9 Å². The number of H-pyrrole nitrogens is 1. The Morgan fingerprint density at radius 3 is 2.75 bits per heavy atom. The van der Waals surface area contributed by atoms with Crippen LogP contribution in [0.2, 0.25) is 0 Å². The van der Waals surface area contributed by atoms with Crippen molar-refractivity contribution in [3.8, 4) is 5.75 Å². The highest BCUT2D eigenvalue weighted by molar-refractivity contribution is 5.94. The molecule has 1 fully saturated rings. The third-order valence-corrected chi connectivity index (χ3v) is 4.98. The second kappa shape index (κ2) is 8.25. The van der Waals surface area contributed by atoms with Gasteiger partial charge in [-0.05, 0) is 55.3 Å². The van der Waals surface area contributed by atoms with Crippen LogP contribution in [-0.2, 0) is 6.42 Å². The molecule has 1 N–H and O–H groups in total. The van der Waals surface area contributed by atoms with Gasteiger partial charge in [-0.1, -0.05) is 18.2 Å². The first kappa shape index (κ1) is 18.2. The summed E-state index contributed by atoms with van der Waals surface area (Å²) in [6.45, 7) is 1.21. The van der Waals surface area contributed by atoms with Gasteiger partial charge in [-0.3, -0.25) is 9.89 Å². The summed E-state index contributed by atoms with van der Waals surface area (Å²) < 4.78 is 18.6. The molecule has 2 heterocycles. The summed E-state index contributed by atoms with van der Waals surface area (Å²) in [6, 6.07) is 17.3. The molecule has 0 spiro atoms. The highest BCUT2D eigenvalue weighted by Crippen LogP contribution is 2.32. The lowest BCUT2D eigenvalue weighted by molar-refractivity contribution is 0.0733. The van der Waals surface area contributed by atoms with Crippen molar-refractivity contribution >= 4 is 5.91 Å². The van der Waals surface area contributed by atoms with Gasteiger partial charge in [0.15, 0.2) is 0 Å². The van der Waals surface area contributed by atoms with Crippen molar-refractivity contribution in [1.29, 1.82) is 0 Å². The van der Waals surface area contributed by atoms with E-state index < -0.39 is 0 Å². The molecular weight excluding hydrogens is 357 g/mol. The van der Waals surface area contributed by atoms with Crippen molar-refractivity contribution in [2.24, 2.45) is 0 Å². The molecule has 0 radical (unpaired) electrons. The highest BCUT2D eigenvalue weighted by Gasteiger charge is 2.32. The first-order valence-corrected chi connectivity index (χ1v) is 9.49. The molecule has 1 amide bonds. The molecule has 5 nitrogen and oxygen atoms in total. The zero-order valence-electron chi connectivity index (χ0n) is 15.5. The maximum absolute atomic E-state index is 12.9. The van der Waals surface area contributed by atoms with Crippen LogP contribution in [-0.4, -0.2) is 34.2 Å². The Labute approximate surface area is 163 Å². The van der Waals surface area contributed by atoms with E-state index in [0.29, 0.717) is 24.3 Å². The SMILES string of the molecule is O=C(c1ccccc1)N1CCCC1c1cc(CCOc2ccc(F)cc2)[nH]n1. The normalized spacial score (nSPS) is 16.3. The Morgan fingerprint density at radius 2 is 1.96 bits per heavy atom. The molecule has 0 aliphatic carbocycles. The first-order chi connectivity index (χ1) is 13.7. The van der Waals surface area contributed by atoms with Gasteiger partial charge < -0.3 is 9.64 Å². The van der Waals surface area contributed by atoms with Gasteiger partial charge in [0.1, 0.15) is 11.6 Å². The van der Waals surface area contributed by atoms with Crippen molar-refractivity contribution in [1.82, 2.24) is 15.1 Å².